The van der Waals surface area contributed by atoms with Gasteiger partial charge in [-0.1, -0.05) is 0 Å². The maximum atomic E-state index is 12.1. The molecule has 0 saturated carbocycles. The van der Waals surface area contributed by atoms with Gasteiger partial charge in [-0.15, -0.1) is 11.3 Å². The van der Waals surface area contributed by atoms with Crippen molar-refractivity contribution in [3.63, 3.8) is 0 Å². The van der Waals surface area contributed by atoms with Crippen LogP contribution in [-0.4, -0.2) is 42.1 Å². The maximum Gasteiger partial charge on any atom is 0.259 e. The Labute approximate surface area is 123 Å². The number of fused-ring (bicyclic) bond motifs is 1. The number of aromatic amines is 1. The zero-order valence-corrected chi connectivity index (χ0v) is 13.4. The molecule has 0 aliphatic heterocycles. The number of thiophene rings is 1. The molecular weight excluding hydrogens is 272 g/mol. The lowest BCUT2D eigenvalue weighted by molar-refractivity contribution is 0.394. The summed E-state index contributed by atoms with van der Waals surface area (Å²) in [4.78, 5) is 23.7. The third kappa shape index (κ3) is 3.45. The van der Waals surface area contributed by atoms with Gasteiger partial charge in [0.15, 0.2) is 0 Å². The van der Waals surface area contributed by atoms with Crippen molar-refractivity contribution in [1.82, 2.24) is 20.2 Å². The van der Waals surface area contributed by atoms with Gasteiger partial charge >= 0.3 is 0 Å². The van der Waals surface area contributed by atoms with Gasteiger partial charge in [-0.3, -0.25) is 4.79 Å². The first-order chi connectivity index (χ1) is 9.49. The third-order valence-corrected chi connectivity index (χ3v) is 4.44. The summed E-state index contributed by atoms with van der Waals surface area (Å²) in [5, 5.41) is 4.06. The van der Waals surface area contributed by atoms with Gasteiger partial charge in [0.05, 0.1) is 11.9 Å². The van der Waals surface area contributed by atoms with Gasteiger partial charge in [0.2, 0.25) is 0 Å². The molecule has 0 atom stereocenters. The summed E-state index contributed by atoms with van der Waals surface area (Å²) in [5.74, 6) is 0.716. The van der Waals surface area contributed by atoms with E-state index in [1.807, 2.05) is 13.8 Å². The number of nitrogens with zero attached hydrogens (tertiary/aromatic N) is 2. The molecule has 0 amide bonds. The van der Waals surface area contributed by atoms with Gasteiger partial charge in [-0.05, 0) is 53.0 Å². The van der Waals surface area contributed by atoms with Gasteiger partial charge in [-0.2, -0.15) is 0 Å². The van der Waals surface area contributed by atoms with Crippen molar-refractivity contribution in [2.75, 3.05) is 27.2 Å². The summed E-state index contributed by atoms with van der Waals surface area (Å²) in [6.45, 7) is 6.58. The predicted octanol–water partition coefficient (Wildman–Crippen LogP) is 1.64. The van der Waals surface area contributed by atoms with Crippen LogP contribution in [0.4, 0.5) is 0 Å². The van der Waals surface area contributed by atoms with E-state index in [-0.39, 0.29) is 5.56 Å². The fraction of sp³-hybridized carbons (Fsp3) is 0.571. The fourth-order valence-electron chi connectivity index (χ4n) is 2.11. The Hall–Kier alpha value is -1.24. The maximum absolute atomic E-state index is 12.1. The van der Waals surface area contributed by atoms with E-state index in [1.54, 1.807) is 11.3 Å². The van der Waals surface area contributed by atoms with Gasteiger partial charge in [0, 0.05) is 4.88 Å². The van der Waals surface area contributed by atoms with E-state index in [2.05, 4.69) is 34.3 Å². The number of aryl methyl sites for hydroxylation is 2. The van der Waals surface area contributed by atoms with E-state index in [0.717, 1.165) is 40.2 Å². The highest BCUT2D eigenvalue weighted by atomic mass is 32.1. The quantitative estimate of drug-likeness (QED) is 0.795. The van der Waals surface area contributed by atoms with Crippen molar-refractivity contribution in [3.05, 3.63) is 26.6 Å². The van der Waals surface area contributed by atoms with Crippen LogP contribution in [0.25, 0.3) is 10.2 Å². The molecule has 0 aliphatic carbocycles. The Morgan fingerprint density at radius 3 is 2.80 bits per heavy atom. The number of hydrogen-bond acceptors (Lipinski definition) is 5. The van der Waals surface area contributed by atoms with Gasteiger partial charge in [-0.25, -0.2) is 4.98 Å². The Balaban J connectivity index is 2.03. The number of nitrogens with one attached hydrogen (secondary N) is 2. The highest BCUT2D eigenvalue weighted by molar-refractivity contribution is 7.18. The first kappa shape index (κ1) is 15.2. The van der Waals surface area contributed by atoms with Crippen LogP contribution in [0.3, 0.4) is 0 Å². The van der Waals surface area contributed by atoms with Gasteiger partial charge < -0.3 is 15.2 Å². The minimum atomic E-state index is -0.0260. The predicted molar refractivity (Wildman–Crippen MR) is 84.6 cm³/mol. The summed E-state index contributed by atoms with van der Waals surface area (Å²) >= 11 is 1.59. The first-order valence-electron chi connectivity index (χ1n) is 6.83. The Kier molecular flexibility index (Phi) is 4.91. The molecule has 110 valence electrons. The molecule has 0 unspecified atom stereocenters. The lowest BCUT2D eigenvalue weighted by Gasteiger charge is -2.09. The van der Waals surface area contributed by atoms with Crippen LogP contribution in [0.2, 0.25) is 0 Å². The average Bonchev–Trinajstić information content (AvgIpc) is 2.64. The second kappa shape index (κ2) is 6.47. The second-order valence-electron chi connectivity index (χ2n) is 5.31. The molecule has 2 rings (SSSR count). The minimum Gasteiger partial charge on any atom is -0.310 e. The highest BCUT2D eigenvalue weighted by Crippen LogP contribution is 2.25. The van der Waals surface area contributed by atoms with Crippen LogP contribution in [0, 0.1) is 13.8 Å². The SMILES string of the molecule is Cc1sc2nc(CNCCCN(C)C)[nH]c(=O)c2c1C. The van der Waals surface area contributed by atoms with Crippen molar-refractivity contribution in [1.29, 1.82) is 0 Å². The van der Waals surface area contributed by atoms with Crippen LogP contribution in [-0.2, 0) is 6.54 Å². The number of aromatic nitrogens is 2. The standard InChI is InChI=1S/C14H22N4OS/c1-9-10(2)20-14-12(9)13(19)16-11(17-14)8-15-6-5-7-18(3)4/h15H,5-8H2,1-4H3,(H,16,17,19). The van der Waals surface area contributed by atoms with Crippen molar-refractivity contribution in [2.24, 2.45) is 0 Å². The van der Waals surface area contributed by atoms with E-state index < -0.39 is 0 Å². The van der Waals surface area contributed by atoms with Crippen molar-refractivity contribution >= 4 is 21.6 Å². The average molecular weight is 294 g/mol. The zero-order valence-electron chi connectivity index (χ0n) is 12.5. The molecule has 0 spiro atoms. The van der Waals surface area contributed by atoms with E-state index in [1.165, 1.54) is 0 Å². The lowest BCUT2D eigenvalue weighted by atomic mass is 10.2. The number of H-pyrrole nitrogens is 1. The third-order valence-electron chi connectivity index (χ3n) is 3.34. The number of rotatable bonds is 6. The molecule has 2 aromatic rings. The molecule has 0 radical (unpaired) electrons. The molecule has 20 heavy (non-hydrogen) atoms. The smallest absolute Gasteiger partial charge is 0.259 e. The van der Waals surface area contributed by atoms with Crippen molar-refractivity contribution in [3.8, 4) is 0 Å². The molecule has 0 saturated heterocycles. The van der Waals surface area contributed by atoms with E-state index in [0.29, 0.717) is 12.4 Å². The second-order valence-corrected chi connectivity index (χ2v) is 6.51. The molecule has 2 heterocycles. The van der Waals surface area contributed by atoms with Gasteiger partial charge in [0.25, 0.3) is 5.56 Å². The first-order valence-corrected chi connectivity index (χ1v) is 7.65. The zero-order chi connectivity index (χ0) is 14.7. The van der Waals surface area contributed by atoms with Crippen LogP contribution in [0.1, 0.15) is 22.7 Å². The van der Waals surface area contributed by atoms with Crippen molar-refractivity contribution < 1.29 is 0 Å². The molecule has 0 aliphatic rings. The summed E-state index contributed by atoms with van der Waals surface area (Å²) in [5.41, 5.74) is 1.02. The van der Waals surface area contributed by atoms with E-state index >= 15 is 0 Å². The largest absolute Gasteiger partial charge is 0.310 e. The molecule has 0 bridgehead atoms. The van der Waals surface area contributed by atoms with Gasteiger partial charge in [0.1, 0.15) is 10.7 Å². The van der Waals surface area contributed by atoms with Crippen LogP contribution in [0.15, 0.2) is 4.79 Å². The summed E-state index contributed by atoms with van der Waals surface area (Å²) in [7, 11) is 4.13. The van der Waals surface area contributed by atoms with Crippen molar-refractivity contribution in [2.45, 2.75) is 26.8 Å². The van der Waals surface area contributed by atoms with Crippen LogP contribution >= 0.6 is 11.3 Å². The Bertz CT molecular complexity index is 644. The summed E-state index contributed by atoms with van der Waals surface area (Å²) in [6, 6.07) is 0. The monoisotopic (exact) mass is 294 g/mol. The molecule has 5 nitrogen and oxygen atoms in total. The molecule has 6 heteroatoms. The van der Waals surface area contributed by atoms with Crippen LogP contribution in [0.5, 0.6) is 0 Å². The van der Waals surface area contributed by atoms with E-state index in [9.17, 15) is 4.79 Å². The molecule has 2 aromatic heterocycles. The molecule has 0 aromatic carbocycles. The Morgan fingerprint density at radius 2 is 2.10 bits per heavy atom. The van der Waals surface area contributed by atoms with Crippen LogP contribution < -0.4 is 10.9 Å². The lowest BCUT2D eigenvalue weighted by Crippen LogP contribution is -2.23. The fourth-order valence-corrected chi connectivity index (χ4v) is 3.16. The number of hydrogen-bond donors (Lipinski definition) is 2. The normalized spacial score (nSPS) is 11.7. The Morgan fingerprint density at radius 1 is 1.35 bits per heavy atom. The summed E-state index contributed by atoms with van der Waals surface area (Å²) in [6.07, 6.45) is 1.08. The summed E-state index contributed by atoms with van der Waals surface area (Å²) < 4.78 is 0. The minimum absolute atomic E-state index is 0.0260. The van der Waals surface area contributed by atoms with E-state index in [4.69, 9.17) is 0 Å². The highest BCUT2D eigenvalue weighted by Gasteiger charge is 2.11. The molecule has 0 fully saturated rings. The molecule has 2 N–H and O–H groups in total. The topological polar surface area (TPSA) is 61.0 Å². The molecular formula is C14H22N4OS.